The van der Waals surface area contributed by atoms with E-state index in [2.05, 4.69) is 20.6 Å². The average Bonchev–Trinajstić information content (AvgIpc) is 2.97. The van der Waals surface area contributed by atoms with Crippen LogP contribution in [0, 0.1) is 6.92 Å². The highest BCUT2D eigenvalue weighted by molar-refractivity contribution is 7.11. The Morgan fingerprint density at radius 2 is 2.39 bits per heavy atom. The van der Waals surface area contributed by atoms with Gasteiger partial charge in [0.1, 0.15) is 6.26 Å². The zero-order valence-electron chi connectivity index (χ0n) is 10.1. The van der Waals surface area contributed by atoms with Gasteiger partial charge in [-0.3, -0.25) is 5.32 Å². The Labute approximate surface area is 108 Å². The van der Waals surface area contributed by atoms with Crippen LogP contribution in [0.1, 0.15) is 22.7 Å². The summed E-state index contributed by atoms with van der Waals surface area (Å²) >= 11 is 1.64. The topological polar surface area (TPSA) is 80.0 Å². The number of hydrogen-bond acceptors (Lipinski definition) is 5. The van der Waals surface area contributed by atoms with E-state index in [1.807, 2.05) is 20.0 Å². The van der Waals surface area contributed by atoms with Gasteiger partial charge in [-0.2, -0.15) is 0 Å². The SMILES string of the molecule is Cc1cnc([C@H](C)CNC(=O)Nc2ncco2)s1. The molecular formula is C11H14N4O2S. The zero-order chi connectivity index (χ0) is 13.0. The summed E-state index contributed by atoms with van der Waals surface area (Å²) in [5.41, 5.74) is 0. The highest BCUT2D eigenvalue weighted by Crippen LogP contribution is 2.20. The van der Waals surface area contributed by atoms with Gasteiger partial charge in [-0.15, -0.1) is 11.3 Å². The lowest BCUT2D eigenvalue weighted by molar-refractivity contribution is 0.251. The lowest BCUT2D eigenvalue weighted by Gasteiger charge is -2.09. The van der Waals surface area contributed by atoms with Crippen molar-refractivity contribution in [1.82, 2.24) is 15.3 Å². The Hall–Kier alpha value is -1.89. The predicted molar refractivity (Wildman–Crippen MR) is 68.8 cm³/mol. The minimum absolute atomic E-state index is 0.180. The van der Waals surface area contributed by atoms with Crippen LogP contribution in [-0.2, 0) is 0 Å². The van der Waals surface area contributed by atoms with Gasteiger partial charge in [0.2, 0.25) is 0 Å². The fraction of sp³-hybridized carbons (Fsp3) is 0.364. The first-order valence-electron chi connectivity index (χ1n) is 5.52. The molecule has 2 aromatic heterocycles. The molecular weight excluding hydrogens is 252 g/mol. The molecule has 0 spiro atoms. The van der Waals surface area contributed by atoms with E-state index in [4.69, 9.17) is 4.42 Å². The van der Waals surface area contributed by atoms with E-state index in [-0.39, 0.29) is 18.0 Å². The third-order valence-electron chi connectivity index (χ3n) is 2.28. The maximum Gasteiger partial charge on any atom is 0.322 e. The fourth-order valence-electron chi connectivity index (χ4n) is 1.36. The minimum Gasteiger partial charge on any atom is -0.432 e. The van der Waals surface area contributed by atoms with Gasteiger partial charge in [0.15, 0.2) is 0 Å². The second-order valence-corrected chi connectivity index (χ2v) is 5.15. The van der Waals surface area contributed by atoms with Gasteiger partial charge in [0.05, 0.1) is 11.2 Å². The molecule has 2 heterocycles. The van der Waals surface area contributed by atoms with Gasteiger partial charge in [-0.25, -0.2) is 14.8 Å². The first-order valence-corrected chi connectivity index (χ1v) is 6.33. The molecule has 2 N–H and O–H groups in total. The van der Waals surface area contributed by atoms with E-state index in [9.17, 15) is 4.79 Å². The van der Waals surface area contributed by atoms with E-state index in [1.165, 1.54) is 17.3 Å². The largest absolute Gasteiger partial charge is 0.432 e. The Kier molecular flexibility index (Phi) is 3.93. The standard InChI is InChI=1S/C11H14N4O2S/c1-7(9-13-6-8(2)18-9)5-14-10(16)15-11-12-3-4-17-11/h3-4,6-7H,5H2,1-2H3,(H2,12,14,15,16)/t7-/m1/s1. The van der Waals surface area contributed by atoms with Crippen molar-refractivity contribution in [2.75, 3.05) is 11.9 Å². The summed E-state index contributed by atoms with van der Waals surface area (Å²) in [5, 5.41) is 6.25. The van der Waals surface area contributed by atoms with Gasteiger partial charge in [-0.1, -0.05) is 6.92 Å². The number of thiazole rings is 1. The molecule has 7 heteroatoms. The number of nitrogens with one attached hydrogen (secondary N) is 2. The van der Waals surface area contributed by atoms with Crippen molar-refractivity contribution < 1.29 is 9.21 Å². The Bertz CT molecular complexity index is 509. The maximum absolute atomic E-state index is 11.5. The van der Waals surface area contributed by atoms with Gasteiger partial charge < -0.3 is 9.73 Å². The third kappa shape index (κ3) is 3.30. The van der Waals surface area contributed by atoms with Crippen LogP contribution < -0.4 is 10.6 Å². The van der Waals surface area contributed by atoms with E-state index >= 15 is 0 Å². The summed E-state index contributed by atoms with van der Waals surface area (Å²) in [7, 11) is 0. The quantitative estimate of drug-likeness (QED) is 0.890. The highest BCUT2D eigenvalue weighted by Gasteiger charge is 2.11. The molecule has 0 aliphatic carbocycles. The van der Waals surface area contributed by atoms with Crippen molar-refractivity contribution >= 4 is 23.4 Å². The first kappa shape index (κ1) is 12.6. The molecule has 1 atom stereocenters. The Morgan fingerprint density at radius 3 is 3.00 bits per heavy atom. The molecule has 6 nitrogen and oxygen atoms in total. The summed E-state index contributed by atoms with van der Waals surface area (Å²) in [4.78, 5) is 20.8. The first-order chi connectivity index (χ1) is 8.65. The fourth-order valence-corrected chi connectivity index (χ4v) is 2.18. The van der Waals surface area contributed by atoms with Gasteiger partial charge in [-0.05, 0) is 6.92 Å². The van der Waals surface area contributed by atoms with E-state index in [1.54, 1.807) is 11.3 Å². The normalized spacial score (nSPS) is 12.1. The summed E-state index contributed by atoms with van der Waals surface area (Å²) in [6, 6.07) is -0.150. The van der Waals surface area contributed by atoms with Gasteiger partial charge in [0.25, 0.3) is 0 Å². The highest BCUT2D eigenvalue weighted by atomic mass is 32.1. The van der Waals surface area contributed by atoms with Crippen LogP contribution in [0.15, 0.2) is 23.1 Å². The number of aromatic nitrogens is 2. The number of carbonyl (C=O) groups is 1. The molecule has 0 bridgehead atoms. The monoisotopic (exact) mass is 266 g/mol. The van der Waals surface area contributed by atoms with Crippen LogP contribution in [0.4, 0.5) is 10.8 Å². The number of hydrogen-bond donors (Lipinski definition) is 2. The molecule has 0 unspecified atom stereocenters. The minimum atomic E-state index is -0.336. The van der Waals surface area contributed by atoms with Crippen LogP contribution in [-0.4, -0.2) is 22.5 Å². The molecule has 0 radical (unpaired) electrons. The summed E-state index contributed by atoms with van der Waals surface area (Å²) in [5.74, 6) is 0.180. The number of aryl methyl sites for hydroxylation is 1. The third-order valence-corrected chi connectivity index (χ3v) is 3.43. The van der Waals surface area contributed by atoms with Crippen LogP contribution in [0.3, 0.4) is 0 Å². The molecule has 0 aliphatic heterocycles. The predicted octanol–water partition coefficient (Wildman–Crippen LogP) is 2.36. The number of rotatable bonds is 4. The molecule has 2 aromatic rings. The van der Waals surface area contributed by atoms with E-state index in [0.29, 0.717) is 6.54 Å². The maximum atomic E-state index is 11.5. The van der Waals surface area contributed by atoms with Crippen molar-refractivity contribution in [3.63, 3.8) is 0 Å². The molecule has 0 saturated heterocycles. The van der Waals surface area contributed by atoms with Crippen molar-refractivity contribution in [3.05, 3.63) is 28.5 Å². The molecule has 0 saturated carbocycles. The summed E-state index contributed by atoms with van der Waals surface area (Å²) in [6.07, 6.45) is 4.70. The number of urea groups is 1. The molecule has 0 aliphatic rings. The molecule has 0 fully saturated rings. The molecule has 2 rings (SSSR count). The van der Waals surface area contributed by atoms with Crippen molar-refractivity contribution in [2.24, 2.45) is 0 Å². The summed E-state index contributed by atoms with van der Waals surface area (Å²) in [6.45, 7) is 4.54. The van der Waals surface area contributed by atoms with Crippen molar-refractivity contribution in [3.8, 4) is 0 Å². The molecule has 18 heavy (non-hydrogen) atoms. The zero-order valence-corrected chi connectivity index (χ0v) is 11.0. The van der Waals surface area contributed by atoms with Crippen LogP contribution >= 0.6 is 11.3 Å². The van der Waals surface area contributed by atoms with E-state index in [0.717, 1.165) is 5.01 Å². The number of carbonyl (C=O) groups excluding carboxylic acids is 1. The number of anilines is 1. The van der Waals surface area contributed by atoms with Crippen LogP contribution in [0.5, 0.6) is 0 Å². The van der Waals surface area contributed by atoms with Crippen molar-refractivity contribution in [1.29, 1.82) is 0 Å². The molecule has 96 valence electrons. The van der Waals surface area contributed by atoms with Crippen LogP contribution in [0.2, 0.25) is 0 Å². The Balaban J connectivity index is 1.79. The van der Waals surface area contributed by atoms with Gasteiger partial charge in [0, 0.05) is 23.5 Å². The molecule has 0 aromatic carbocycles. The lowest BCUT2D eigenvalue weighted by Crippen LogP contribution is -2.31. The smallest absolute Gasteiger partial charge is 0.322 e. The van der Waals surface area contributed by atoms with Crippen molar-refractivity contribution in [2.45, 2.75) is 19.8 Å². The average molecular weight is 266 g/mol. The van der Waals surface area contributed by atoms with Crippen LogP contribution in [0.25, 0.3) is 0 Å². The second-order valence-electron chi connectivity index (χ2n) is 3.88. The van der Waals surface area contributed by atoms with E-state index < -0.39 is 0 Å². The summed E-state index contributed by atoms with van der Waals surface area (Å²) < 4.78 is 4.91. The lowest BCUT2D eigenvalue weighted by atomic mass is 10.2. The number of amides is 2. The Morgan fingerprint density at radius 1 is 1.56 bits per heavy atom. The van der Waals surface area contributed by atoms with Gasteiger partial charge >= 0.3 is 12.0 Å². The number of oxazole rings is 1. The molecule has 2 amide bonds. The number of nitrogens with zero attached hydrogens (tertiary/aromatic N) is 2. The second kappa shape index (κ2) is 5.63.